The molecule has 5 nitrogen and oxygen atoms in total. The van der Waals surface area contributed by atoms with Crippen molar-refractivity contribution in [1.29, 1.82) is 0 Å². The van der Waals surface area contributed by atoms with Crippen molar-refractivity contribution >= 4 is 29.1 Å². The van der Waals surface area contributed by atoms with Crippen LogP contribution in [0.1, 0.15) is 41.0 Å². The van der Waals surface area contributed by atoms with Gasteiger partial charge in [0.25, 0.3) is 5.91 Å². The Morgan fingerprint density at radius 1 is 1.23 bits per heavy atom. The second kappa shape index (κ2) is 7.59. The number of hydrogen-bond donors (Lipinski definition) is 2. The van der Waals surface area contributed by atoms with E-state index < -0.39 is 0 Å². The Bertz CT molecular complexity index is 829. The first-order chi connectivity index (χ1) is 12.6. The molecule has 1 aliphatic carbocycles. The third kappa shape index (κ3) is 3.48. The molecule has 2 N–H and O–H groups in total. The molecule has 1 aromatic carbocycles. The molecular formula is C19H22Cl2N4O. The number of hydrogen-bond acceptors (Lipinski definition) is 3. The fraction of sp³-hybridized carbons (Fsp3) is 0.474. The molecule has 1 aliphatic heterocycles. The van der Waals surface area contributed by atoms with Gasteiger partial charge >= 0.3 is 0 Å². The zero-order valence-electron chi connectivity index (χ0n) is 14.5. The minimum Gasteiger partial charge on any atom is -0.350 e. The smallest absolute Gasteiger partial charge is 0.272 e. The third-order valence-corrected chi connectivity index (χ3v) is 5.74. The number of nitrogens with zero attached hydrogens (tertiary/aromatic N) is 2. The molecule has 2 aromatic rings. The van der Waals surface area contributed by atoms with Gasteiger partial charge < -0.3 is 10.6 Å². The van der Waals surface area contributed by atoms with Crippen molar-refractivity contribution in [1.82, 2.24) is 20.4 Å². The number of halogens is 2. The summed E-state index contributed by atoms with van der Waals surface area (Å²) in [5.41, 5.74) is 3.48. The normalized spacial score (nSPS) is 17.3. The fourth-order valence-corrected chi connectivity index (χ4v) is 4.11. The molecule has 7 heteroatoms. The van der Waals surface area contributed by atoms with Gasteiger partial charge in [-0.1, -0.05) is 29.6 Å². The van der Waals surface area contributed by atoms with Gasteiger partial charge in [0.05, 0.1) is 10.7 Å². The van der Waals surface area contributed by atoms with Crippen LogP contribution in [0, 0.1) is 5.92 Å². The number of carbonyl (C=O) groups excluding carboxylic acids is 1. The highest BCUT2D eigenvalue weighted by atomic mass is 35.5. The Hall–Kier alpha value is -1.56. The second-order valence-corrected chi connectivity index (χ2v) is 7.92. The van der Waals surface area contributed by atoms with Gasteiger partial charge in [0.2, 0.25) is 0 Å². The van der Waals surface area contributed by atoms with Crippen molar-refractivity contribution in [2.24, 2.45) is 5.92 Å². The second-order valence-electron chi connectivity index (χ2n) is 7.08. The van der Waals surface area contributed by atoms with Crippen LogP contribution in [0.5, 0.6) is 0 Å². The summed E-state index contributed by atoms with van der Waals surface area (Å²) in [6.45, 7) is 2.62. The average molecular weight is 393 g/mol. The standard InChI is InChI=1S/C19H22Cl2N4O/c20-13-6-7-17(15(21)8-13)25-16-5-3-1-2-4-14(16)18(24-25)19(26)23-11-12-9-22-10-12/h6-8,12,22H,1-5,9-11H2,(H,23,26). The molecule has 1 saturated heterocycles. The monoisotopic (exact) mass is 392 g/mol. The Morgan fingerprint density at radius 2 is 2.04 bits per heavy atom. The Morgan fingerprint density at radius 3 is 2.77 bits per heavy atom. The molecule has 0 unspecified atom stereocenters. The summed E-state index contributed by atoms with van der Waals surface area (Å²) in [7, 11) is 0. The van der Waals surface area contributed by atoms with E-state index in [4.69, 9.17) is 23.2 Å². The maximum atomic E-state index is 12.8. The van der Waals surface area contributed by atoms with E-state index in [9.17, 15) is 4.79 Å². The van der Waals surface area contributed by atoms with Crippen LogP contribution >= 0.6 is 23.2 Å². The Labute approximate surface area is 163 Å². The van der Waals surface area contributed by atoms with Gasteiger partial charge in [-0.25, -0.2) is 4.68 Å². The van der Waals surface area contributed by atoms with E-state index in [1.807, 2.05) is 10.7 Å². The van der Waals surface area contributed by atoms with Gasteiger partial charge in [-0.2, -0.15) is 5.10 Å². The minimum absolute atomic E-state index is 0.0844. The van der Waals surface area contributed by atoms with E-state index in [1.54, 1.807) is 12.1 Å². The molecule has 1 fully saturated rings. The highest BCUT2D eigenvalue weighted by Gasteiger charge is 2.26. The lowest BCUT2D eigenvalue weighted by Crippen LogP contribution is -2.48. The fourth-order valence-electron chi connectivity index (χ4n) is 3.62. The maximum absolute atomic E-state index is 12.8. The molecule has 0 bridgehead atoms. The van der Waals surface area contributed by atoms with Crippen LogP contribution in [-0.2, 0) is 12.8 Å². The van der Waals surface area contributed by atoms with E-state index in [0.717, 1.165) is 62.1 Å². The molecular weight excluding hydrogens is 371 g/mol. The van der Waals surface area contributed by atoms with Crippen LogP contribution in [-0.4, -0.2) is 35.3 Å². The predicted molar refractivity (Wildman–Crippen MR) is 104 cm³/mol. The molecule has 0 saturated carbocycles. The first kappa shape index (κ1) is 17.8. The first-order valence-electron chi connectivity index (χ1n) is 9.18. The van der Waals surface area contributed by atoms with Crippen molar-refractivity contribution in [3.8, 4) is 5.69 Å². The lowest BCUT2D eigenvalue weighted by molar-refractivity contribution is 0.0936. The van der Waals surface area contributed by atoms with E-state index in [2.05, 4.69) is 15.7 Å². The minimum atomic E-state index is -0.0844. The summed E-state index contributed by atoms with van der Waals surface area (Å²) in [6, 6.07) is 5.38. The molecule has 0 atom stereocenters. The number of fused-ring (bicyclic) bond motifs is 1. The summed E-state index contributed by atoms with van der Waals surface area (Å²) in [5.74, 6) is 0.434. The van der Waals surface area contributed by atoms with Gasteiger partial charge in [-0.05, 0) is 43.9 Å². The van der Waals surface area contributed by atoms with Crippen LogP contribution in [0.2, 0.25) is 10.0 Å². The highest BCUT2D eigenvalue weighted by Crippen LogP contribution is 2.30. The molecule has 26 heavy (non-hydrogen) atoms. The topological polar surface area (TPSA) is 59.0 Å². The molecule has 1 amide bonds. The predicted octanol–water partition coefficient (Wildman–Crippen LogP) is 3.40. The van der Waals surface area contributed by atoms with E-state index in [-0.39, 0.29) is 5.91 Å². The molecule has 2 heterocycles. The van der Waals surface area contributed by atoms with E-state index >= 15 is 0 Å². The van der Waals surface area contributed by atoms with Gasteiger partial charge in [-0.15, -0.1) is 0 Å². The van der Waals surface area contributed by atoms with Crippen LogP contribution < -0.4 is 10.6 Å². The average Bonchev–Trinajstić information content (AvgIpc) is 2.75. The van der Waals surface area contributed by atoms with Gasteiger partial charge in [0.1, 0.15) is 0 Å². The molecule has 2 aliphatic rings. The Kier molecular flexibility index (Phi) is 5.20. The zero-order valence-corrected chi connectivity index (χ0v) is 16.0. The quantitative estimate of drug-likeness (QED) is 0.783. The van der Waals surface area contributed by atoms with Gasteiger partial charge in [0, 0.05) is 41.8 Å². The number of aromatic nitrogens is 2. The van der Waals surface area contributed by atoms with E-state index in [1.165, 1.54) is 0 Å². The molecule has 0 spiro atoms. The highest BCUT2D eigenvalue weighted by molar-refractivity contribution is 6.35. The number of carbonyl (C=O) groups is 1. The summed E-state index contributed by atoms with van der Waals surface area (Å²) in [5, 5.41) is 12.1. The molecule has 1 aromatic heterocycles. The van der Waals surface area contributed by atoms with Crippen molar-refractivity contribution in [2.75, 3.05) is 19.6 Å². The van der Waals surface area contributed by atoms with Crippen LogP contribution in [0.25, 0.3) is 5.69 Å². The summed E-state index contributed by atoms with van der Waals surface area (Å²) in [4.78, 5) is 12.8. The summed E-state index contributed by atoms with van der Waals surface area (Å²) >= 11 is 12.4. The molecule has 4 rings (SSSR count). The van der Waals surface area contributed by atoms with Crippen LogP contribution in [0.3, 0.4) is 0 Å². The first-order valence-corrected chi connectivity index (χ1v) is 9.94. The lowest BCUT2D eigenvalue weighted by atomic mass is 10.0. The summed E-state index contributed by atoms with van der Waals surface area (Å²) < 4.78 is 1.85. The number of rotatable bonds is 4. The van der Waals surface area contributed by atoms with Crippen molar-refractivity contribution < 1.29 is 4.79 Å². The van der Waals surface area contributed by atoms with Crippen molar-refractivity contribution in [2.45, 2.75) is 32.1 Å². The van der Waals surface area contributed by atoms with Crippen LogP contribution in [0.4, 0.5) is 0 Å². The molecule has 138 valence electrons. The molecule has 0 radical (unpaired) electrons. The Balaban J connectivity index is 1.70. The maximum Gasteiger partial charge on any atom is 0.272 e. The van der Waals surface area contributed by atoms with Gasteiger partial charge in [0.15, 0.2) is 5.69 Å². The summed E-state index contributed by atoms with van der Waals surface area (Å²) in [6.07, 6.45) is 5.13. The zero-order chi connectivity index (χ0) is 18.1. The van der Waals surface area contributed by atoms with Gasteiger partial charge in [-0.3, -0.25) is 4.79 Å². The third-order valence-electron chi connectivity index (χ3n) is 5.20. The van der Waals surface area contributed by atoms with E-state index in [0.29, 0.717) is 28.2 Å². The van der Waals surface area contributed by atoms with Crippen LogP contribution in [0.15, 0.2) is 18.2 Å². The lowest BCUT2D eigenvalue weighted by Gasteiger charge is -2.26. The van der Waals surface area contributed by atoms with Crippen molar-refractivity contribution in [3.05, 3.63) is 45.2 Å². The number of nitrogens with one attached hydrogen (secondary N) is 2. The number of amides is 1. The largest absolute Gasteiger partial charge is 0.350 e. The SMILES string of the molecule is O=C(NCC1CNC1)c1nn(-c2ccc(Cl)cc2Cl)c2c1CCCCC2. The van der Waals surface area contributed by atoms with Crippen molar-refractivity contribution in [3.63, 3.8) is 0 Å². The number of benzene rings is 1.